The highest BCUT2D eigenvalue weighted by atomic mass is 16.5. The van der Waals surface area contributed by atoms with E-state index in [1.807, 2.05) is 19.9 Å². The Kier molecular flexibility index (Phi) is 5.02. The largest absolute Gasteiger partial charge is 0.478 e. The maximum atomic E-state index is 5.39. The van der Waals surface area contributed by atoms with Crippen LogP contribution in [-0.4, -0.2) is 22.6 Å². The van der Waals surface area contributed by atoms with Gasteiger partial charge in [-0.2, -0.15) is 4.98 Å². The first-order valence-corrected chi connectivity index (χ1v) is 5.94. The molecule has 16 heavy (non-hydrogen) atoms. The lowest BCUT2D eigenvalue weighted by atomic mass is 10.2. The third-order valence-electron chi connectivity index (χ3n) is 2.44. The number of aromatic nitrogens is 2. The highest BCUT2D eigenvalue weighted by molar-refractivity contribution is 5.39. The summed E-state index contributed by atoms with van der Waals surface area (Å²) in [5.41, 5.74) is 0. The number of rotatable bonds is 6. The summed E-state index contributed by atoms with van der Waals surface area (Å²) < 4.78 is 5.39. The molecule has 1 rings (SSSR count). The summed E-state index contributed by atoms with van der Waals surface area (Å²) in [6, 6.07) is 2.32. The van der Waals surface area contributed by atoms with Crippen LogP contribution in [0.4, 0.5) is 5.82 Å². The van der Waals surface area contributed by atoms with E-state index < -0.39 is 0 Å². The zero-order valence-electron chi connectivity index (χ0n) is 10.6. The van der Waals surface area contributed by atoms with Crippen molar-refractivity contribution in [2.45, 2.75) is 46.6 Å². The molecule has 1 aromatic heterocycles. The fourth-order valence-electron chi connectivity index (χ4n) is 1.54. The molecule has 0 aromatic carbocycles. The second-order valence-electron chi connectivity index (χ2n) is 3.73. The van der Waals surface area contributed by atoms with Gasteiger partial charge in [0.25, 0.3) is 0 Å². The van der Waals surface area contributed by atoms with E-state index in [0.717, 1.165) is 24.5 Å². The van der Waals surface area contributed by atoms with Crippen LogP contribution in [0, 0.1) is 6.92 Å². The van der Waals surface area contributed by atoms with Crippen molar-refractivity contribution in [2.24, 2.45) is 0 Å². The molecule has 0 aliphatic carbocycles. The SMILES string of the molecule is CCOc1cc(NC(CC)CC)nc(C)n1. The molecule has 0 atom stereocenters. The predicted octanol–water partition coefficient (Wildman–Crippen LogP) is 2.78. The van der Waals surface area contributed by atoms with Crippen molar-refractivity contribution < 1.29 is 4.74 Å². The molecule has 0 aliphatic heterocycles. The fourth-order valence-corrected chi connectivity index (χ4v) is 1.54. The van der Waals surface area contributed by atoms with Crippen LogP contribution in [0.3, 0.4) is 0 Å². The Hall–Kier alpha value is -1.32. The average Bonchev–Trinajstić information content (AvgIpc) is 2.25. The number of nitrogens with zero attached hydrogens (tertiary/aromatic N) is 2. The van der Waals surface area contributed by atoms with Crippen molar-refractivity contribution in [3.8, 4) is 5.88 Å². The Morgan fingerprint density at radius 1 is 1.25 bits per heavy atom. The first-order chi connectivity index (χ1) is 7.69. The van der Waals surface area contributed by atoms with Gasteiger partial charge in [0, 0.05) is 12.1 Å². The smallest absolute Gasteiger partial charge is 0.218 e. The predicted molar refractivity (Wildman–Crippen MR) is 65.9 cm³/mol. The van der Waals surface area contributed by atoms with Gasteiger partial charge < -0.3 is 10.1 Å². The molecule has 0 aliphatic rings. The van der Waals surface area contributed by atoms with Gasteiger partial charge in [-0.15, -0.1) is 0 Å². The van der Waals surface area contributed by atoms with Crippen molar-refractivity contribution in [3.63, 3.8) is 0 Å². The van der Waals surface area contributed by atoms with Gasteiger partial charge in [-0.3, -0.25) is 0 Å². The summed E-state index contributed by atoms with van der Waals surface area (Å²) in [7, 11) is 0. The summed E-state index contributed by atoms with van der Waals surface area (Å²) in [5.74, 6) is 2.23. The van der Waals surface area contributed by atoms with Crippen molar-refractivity contribution >= 4 is 5.82 Å². The van der Waals surface area contributed by atoms with Crippen LogP contribution in [0.25, 0.3) is 0 Å². The molecule has 0 radical (unpaired) electrons. The van der Waals surface area contributed by atoms with E-state index in [4.69, 9.17) is 4.74 Å². The molecule has 4 nitrogen and oxygen atoms in total. The second-order valence-corrected chi connectivity index (χ2v) is 3.73. The van der Waals surface area contributed by atoms with Crippen molar-refractivity contribution in [2.75, 3.05) is 11.9 Å². The molecule has 0 fully saturated rings. The molecule has 0 saturated heterocycles. The van der Waals surface area contributed by atoms with Crippen molar-refractivity contribution in [3.05, 3.63) is 11.9 Å². The normalized spacial score (nSPS) is 10.6. The van der Waals surface area contributed by atoms with E-state index >= 15 is 0 Å². The number of anilines is 1. The third-order valence-corrected chi connectivity index (χ3v) is 2.44. The Labute approximate surface area is 97.5 Å². The van der Waals surface area contributed by atoms with Crippen LogP contribution < -0.4 is 10.1 Å². The molecule has 90 valence electrons. The fraction of sp³-hybridized carbons (Fsp3) is 0.667. The van der Waals surface area contributed by atoms with E-state index in [-0.39, 0.29) is 0 Å². The summed E-state index contributed by atoms with van der Waals surface area (Å²) in [4.78, 5) is 8.56. The maximum absolute atomic E-state index is 5.39. The Morgan fingerprint density at radius 3 is 2.50 bits per heavy atom. The third kappa shape index (κ3) is 3.68. The summed E-state index contributed by atoms with van der Waals surface area (Å²) in [6.07, 6.45) is 2.17. The molecular formula is C12H21N3O. The molecule has 1 aromatic rings. The molecule has 0 amide bonds. The monoisotopic (exact) mass is 223 g/mol. The number of hydrogen-bond acceptors (Lipinski definition) is 4. The van der Waals surface area contributed by atoms with Crippen LogP contribution in [0.2, 0.25) is 0 Å². The average molecular weight is 223 g/mol. The standard InChI is InChI=1S/C12H21N3O/c1-5-10(6-2)15-11-8-12(16-7-3)14-9(4)13-11/h8,10H,5-7H2,1-4H3,(H,13,14,15). The molecule has 0 spiro atoms. The van der Waals surface area contributed by atoms with Crippen LogP contribution in [0.1, 0.15) is 39.4 Å². The van der Waals surface area contributed by atoms with Crippen molar-refractivity contribution in [1.29, 1.82) is 0 Å². The Bertz CT molecular complexity index is 324. The highest BCUT2D eigenvalue weighted by Gasteiger charge is 2.06. The highest BCUT2D eigenvalue weighted by Crippen LogP contribution is 2.15. The van der Waals surface area contributed by atoms with Gasteiger partial charge in [0.05, 0.1) is 6.61 Å². The molecule has 0 bridgehead atoms. The van der Waals surface area contributed by atoms with E-state index in [9.17, 15) is 0 Å². The number of hydrogen-bond donors (Lipinski definition) is 1. The first-order valence-electron chi connectivity index (χ1n) is 5.94. The number of aryl methyl sites for hydroxylation is 1. The number of ether oxygens (including phenoxy) is 1. The minimum absolute atomic E-state index is 0.462. The van der Waals surface area contributed by atoms with E-state index in [1.165, 1.54) is 0 Å². The zero-order chi connectivity index (χ0) is 12.0. The zero-order valence-corrected chi connectivity index (χ0v) is 10.6. The van der Waals surface area contributed by atoms with Gasteiger partial charge in [-0.25, -0.2) is 4.98 Å². The van der Waals surface area contributed by atoms with E-state index in [0.29, 0.717) is 18.5 Å². The molecule has 1 heterocycles. The molecular weight excluding hydrogens is 202 g/mol. The summed E-state index contributed by atoms with van der Waals surface area (Å²) >= 11 is 0. The van der Waals surface area contributed by atoms with Gasteiger partial charge in [-0.1, -0.05) is 13.8 Å². The lowest BCUT2D eigenvalue weighted by Crippen LogP contribution is -2.18. The van der Waals surface area contributed by atoms with Crippen LogP contribution in [0.5, 0.6) is 5.88 Å². The lowest BCUT2D eigenvalue weighted by molar-refractivity contribution is 0.325. The maximum Gasteiger partial charge on any atom is 0.218 e. The molecule has 0 unspecified atom stereocenters. The molecule has 4 heteroatoms. The number of nitrogens with one attached hydrogen (secondary N) is 1. The van der Waals surface area contributed by atoms with Gasteiger partial charge in [0.1, 0.15) is 11.6 Å². The van der Waals surface area contributed by atoms with E-state index in [1.54, 1.807) is 0 Å². The van der Waals surface area contributed by atoms with Crippen LogP contribution >= 0.6 is 0 Å². The van der Waals surface area contributed by atoms with E-state index in [2.05, 4.69) is 29.1 Å². The Balaban J connectivity index is 2.78. The molecule has 0 saturated carbocycles. The second kappa shape index (κ2) is 6.30. The van der Waals surface area contributed by atoms with Gasteiger partial charge in [0.15, 0.2) is 0 Å². The van der Waals surface area contributed by atoms with Crippen molar-refractivity contribution in [1.82, 2.24) is 9.97 Å². The lowest BCUT2D eigenvalue weighted by Gasteiger charge is -2.16. The minimum atomic E-state index is 0.462. The quantitative estimate of drug-likeness (QED) is 0.805. The summed E-state index contributed by atoms with van der Waals surface area (Å²) in [5, 5.41) is 3.39. The minimum Gasteiger partial charge on any atom is -0.478 e. The van der Waals surface area contributed by atoms with Gasteiger partial charge in [-0.05, 0) is 26.7 Å². The summed E-state index contributed by atoms with van der Waals surface area (Å²) in [6.45, 7) is 8.78. The van der Waals surface area contributed by atoms with Crippen LogP contribution in [-0.2, 0) is 0 Å². The Morgan fingerprint density at radius 2 is 1.94 bits per heavy atom. The van der Waals surface area contributed by atoms with Gasteiger partial charge in [0.2, 0.25) is 5.88 Å². The topological polar surface area (TPSA) is 47.0 Å². The first kappa shape index (κ1) is 12.7. The van der Waals surface area contributed by atoms with Gasteiger partial charge >= 0.3 is 0 Å². The van der Waals surface area contributed by atoms with Crippen LogP contribution in [0.15, 0.2) is 6.07 Å². The molecule has 1 N–H and O–H groups in total.